The molecule has 0 saturated carbocycles. The molecule has 1 fully saturated rings. The van der Waals surface area contributed by atoms with Crippen LogP contribution in [0.2, 0.25) is 0 Å². The van der Waals surface area contributed by atoms with E-state index in [0.29, 0.717) is 38.2 Å². The Morgan fingerprint density at radius 1 is 1.00 bits per heavy atom. The van der Waals surface area contributed by atoms with Crippen LogP contribution in [0.5, 0.6) is 0 Å². The average Bonchev–Trinajstić information content (AvgIpc) is 3.04. The molecule has 1 unspecified atom stereocenters. The van der Waals surface area contributed by atoms with Crippen LogP contribution < -0.4 is 5.32 Å². The van der Waals surface area contributed by atoms with Gasteiger partial charge in [-0.25, -0.2) is 4.39 Å². The second-order valence-corrected chi connectivity index (χ2v) is 8.15. The Hall–Kier alpha value is -3.26. The Morgan fingerprint density at radius 2 is 1.73 bits per heavy atom. The monoisotopic (exact) mass is 455 g/mol. The van der Waals surface area contributed by atoms with E-state index in [0.717, 1.165) is 5.56 Å². The molecule has 2 aromatic carbocycles. The number of esters is 1. The van der Waals surface area contributed by atoms with Crippen molar-refractivity contribution in [1.82, 2.24) is 15.1 Å². The molecule has 8 heteroatoms. The number of nitrogens with one attached hydrogen (secondary N) is 1. The normalized spacial score (nSPS) is 15.4. The first-order valence-electron chi connectivity index (χ1n) is 11.1. The standard InChI is InChI=1S/C25H30FN3O4/c1-19(30)27-23(16-21-10-5-6-11-22(21)26)25(32)29-13-7-12-28(14-15-29)17-24(31)33-18-20-8-3-2-4-9-20/h2-6,8-11,23H,7,12-18H2,1H3,(H,27,30). The Morgan fingerprint density at radius 3 is 2.45 bits per heavy atom. The first kappa shape index (κ1) is 24.4. The van der Waals surface area contributed by atoms with Gasteiger partial charge in [0.15, 0.2) is 0 Å². The molecular formula is C25H30FN3O4. The summed E-state index contributed by atoms with van der Waals surface area (Å²) in [5.41, 5.74) is 1.31. The summed E-state index contributed by atoms with van der Waals surface area (Å²) < 4.78 is 19.5. The molecule has 33 heavy (non-hydrogen) atoms. The van der Waals surface area contributed by atoms with E-state index in [2.05, 4.69) is 5.32 Å². The second kappa shape index (κ2) is 12.1. The van der Waals surface area contributed by atoms with Crippen LogP contribution in [0, 0.1) is 5.82 Å². The van der Waals surface area contributed by atoms with Gasteiger partial charge in [0.2, 0.25) is 11.8 Å². The number of hydrogen-bond acceptors (Lipinski definition) is 5. The van der Waals surface area contributed by atoms with Crippen LogP contribution >= 0.6 is 0 Å². The summed E-state index contributed by atoms with van der Waals surface area (Å²) in [5, 5.41) is 2.66. The molecule has 0 aromatic heterocycles. The molecule has 1 N–H and O–H groups in total. The summed E-state index contributed by atoms with van der Waals surface area (Å²) >= 11 is 0. The van der Waals surface area contributed by atoms with Crippen LogP contribution in [0.1, 0.15) is 24.5 Å². The maximum Gasteiger partial charge on any atom is 0.320 e. The Labute approximate surface area is 193 Å². The fourth-order valence-electron chi connectivity index (χ4n) is 3.87. The summed E-state index contributed by atoms with van der Waals surface area (Å²) in [7, 11) is 0. The highest BCUT2D eigenvalue weighted by Crippen LogP contribution is 2.13. The highest BCUT2D eigenvalue weighted by atomic mass is 19.1. The van der Waals surface area contributed by atoms with Crippen molar-refractivity contribution in [2.45, 2.75) is 32.4 Å². The van der Waals surface area contributed by atoms with Crippen LogP contribution in [0.25, 0.3) is 0 Å². The quantitative estimate of drug-likeness (QED) is 0.617. The smallest absolute Gasteiger partial charge is 0.320 e. The number of hydrogen-bond donors (Lipinski definition) is 1. The largest absolute Gasteiger partial charge is 0.460 e. The Kier molecular flexibility index (Phi) is 8.95. The summed E-state index contributed by atoms with van der Waals surface area (Å²) in [4.78, 5) is 40.7. The zero-order chi connectivity index (χ0) is 23.6. The topological polar surface area (TPSA) is 79.0 Å². The lowest BCUT2D eigenvalue weighted by molar-refractivity contribution is -0.146. The Balaban J connectivity index is 1.54. The molecule has 7 nitrogen and oxygen atoms in total. The predicted octanol–water partition coefficient (Wildman–Crippen LogP) is 2.15. The molecule has 0 spiro atoms. The van der Waals surface area contributed by atoms with Crippen LogP contribution in [0.3, 0.4) is 0 Å². The molecule has 1 aliphatic heterocycles. The lowest BCUT2D eigenvalue weighted by Gasteiger charge is -2.27. The van der Waals surface area contributed by atoms with Crippen molar-refractivity contribution in [3.8, 4) is 0 Å². The van der Waals surface area contributed by atoms with Gasteiger partial charge in [0.05, 0.1) is 6.54 Å². The summed E-state index contributed by atoms with van der Waals surface area (Å²) in [6.45, 7) is 3.81. The van der Waals surface area contributed by atoms with Crippen molar-refractivity contribution < 1.29 is 23.5 Å². The fourth-order valence-corrected chi connectivity index (χ4v) is 3.87. The molecule has 2 aromatic rings. The maximum absolute atomic E-state index is 14.1. The van der Waals surface area contributed by atoms with Gasteiger partial charge in [0.1, 0.15) is 18.5 Å². The van der Waals surface area contributed by atoms with Crippen LogP contribution in [-0.4, -0.2) is 66.3 Å². The fraction of sp³-hybridized carbons (Fsp3) is 0.400. The van der Waals surface area contributed by atoms with Gasteiger partial charge < -0.3 is 15.0 Å². The highest BCUT2D eigenvalue weighted by molar-refractivity contribution is 5.87. The van der Waals surface area contributed by atoms with E-state index in [1.54, 1.807) is 23.1 Å². The minimum absolute atomic E-state index is 0.0805. The van der Waals surface area contributed by atoms with Crippen molar-refractivity contribution in [2.75, 3.05) is 32.7 Å². The highest BCUT2D eigenvalue weighted by Gasteiger charge is 2.28. The lowest BCUT2D eigenvalue weighted by atomic mass is 10.0. The van der Waals surface area contributed by atoms with Crippen molar-refractivity contribution in [2.24, 2.45) is 0 Å². The molecule has 0 radical (unpaired) electrons. The molecular weight excluding hydrogens is 425 g/mol. The van der Waals surface area contributed by atoms with E-state index < -0.39 is 11.9 Å². The predicted molar refractivity (Wildman–Crippen MR) is 122 cm³/mol. The van der Waals surface area contributed by atoms with Gasteiger partial charge in [-0.3, -0.25) is 19.3 Å². The van der Waals surface area contributed by atoms with Gasteiger partial charge in [-0.05, 0) is 23.6 Å². The number of carbonyl (C=O) groups is 3. The molecule has 1 atom stereocenters. The molecule has 3 rings (SSSR count). The van der Waals surface area contributed by atoms with Crippen LogP contribution in [-0.2, 0) is 32.1 Å². The molecule has 1 saturated heterocycles. The second-order valence-electron chi connectivity index (χ2n) is 8.15. The van der Waals surface area contributed by atoms with Gasteiger partial charge in [-0.1, -0.05) is 48.5 Å². The third kappa shape index (κ3) is 7.68. The minimum atomic E-state index is -0.846. The van der Waals surface area contributed by atoms with Gasteiger partial charge in [-0.15, -0.1) is 0 Å². The number of benzene rings is 2. The molecule has 2 amide bonds. The number of rotatable bonds is 8. The van der Waals surface area contributed by atoms with E-state index >= 15 is 0 Å². The van der Waals surface area contributed by atoms with E-state index in [1.165, 1.54) is 13.0 Å². The van der Waals surface area contributed by atoms with Crippen molar-refractivity contribution >= 4 is 17.8 Å². The lowest BCUT2D eigenvalue weighted by Crippen LogP contribution is -2.50. The zero-order valence-corrected chi connectivity index (χ0v) is 18.8. The van der Waals surface area contributed by atoms with Crippen molar-refractivity contribution in [3.05, 3.63) is 71.5 Å². The number of amides is 2. The number of ether oxygens (including phenoxy) is 1. The van der Waals surface area contributed by atoms with Gasteiger partial charge >= 0.3 is 5.97 Å². The molecule has 0 aliphatic carbocycles. The number of nitrogens with zero attached hydrogens (tertiary/aromatic N) is 2. The van der Waals surface area contributed by atoms with Crippen LogP contribution in [0.4, 0.5) is 4.39 Å². The maximum atomic E-state index is 14.1. The summed E-state index contributed by atoms with van der Waals surface area (Å²) in [6, 6.07) is 14.9. The first-order chi connectivity index (χ1) is 15.9. The third-order valence-corrected chi connectivity index (χ3v) is 5.55. The SMILES string of the molecule is CC(=O)NC(Cc1ccccc1F)C(=O)N1CCCN(CC(=O)OCc2ccccc2)CC1. The average molecular weight is 456 g/mol. The number of halogens is 1. The van der Waals surface area contributed by atoms with E-state index in [4.69, 9.17) is 4.74 Å². The van der Waals surface area contributed by atoms with E-state index in [9.17, 15) is 18.8 Å². The van der Waals surface area contributed by atoms with E-state index in [-0.39, 0.29) is 37.4 Å². The van der Waals surface area contributed by atoms with Gasteiger partial charge in [-0.2, -0.15) is 0 Å². The Bertz CT molecular complexity index is 954. The first-order valence-corrected chi connectivity index (χ1v) is 11.1. The zero-order valence-electron chi connectivity index (χ0n) is 18.8. The summed E-state index contributed by atoms with van der Waals surface area (Å²) in [5.74, 6) is -1.31. The summed E-state index contributed by atoms with van der Waals surface area (Å²) in [6.07, 6.45) is 0.765. The van der Waals surface area contributed by atoms with Crippen molar-refractivity contribution in [3.63, 3.8) is 0 Å². The molecule has 1 aliphatic rings. The molecule has 1 heterocycles. The van der Waals surface area contributed by atoms with Crippen LogP contribution in [0.15, 0.2) is 54.6 Å². The van der Waals surface area contributed by atoms with E-state index in [1.807, 2.05) is 35.2 Å². The van der Waals surface area contributed by atoms with Gasteiger partial charge in [0.25, 0.3) is 0 Å². The minimum Gasteiger partial charge on any atom is -0.460 e. The third-order valence-electron chi connectivity index (χ3n) is 5.55. The van der Waals surface area contributed by atoms with Gasteiger partial charge in [0, 0.05) is 39.5 Å². The number of carbonyl (C=O) groups excluding carboxylic acids is 3. The molecule has 0 bridgehead atoms. The molecule has 176 valence electrons. The van der Waals surface area contributed by atoms with Crippen molar-refractivity contribution in [1.29, 1.82) is 0 Å².